The molecule has 0 unspecified atom stereocenters. The first-order valence-corrected chi connectivity index (χ1v) is 9.25. The SMILES string of the molecule is O=C(/C=C/c1ccccc1F)Nc1c(C(=O)N2CCOCC2)oc2ccccc12. The zero-order valence-corrected chi connectivity index (χ0v) is 15.6. The van der Waals surface area contributed by atoms with Gasteiger partial charge < -0.3 is 19.4 Å². The number of carbonyl (C=O) groups is 2. The molecule has 4 rings (SSSR count). The highest BCUT2D eigenvalue weighted by Crippen LogP contribution is 2.32. The third-order valence-corrected chi connectivity index (χ3v) is 4.66. The van der Waals surface area contributed by atoms with Crippen molar-refractivity contribution < 1.29 is 23.1 Å². The van der Waals surface area contributed by atoms with Gasteiger partial charge in [0, 0.05) is 30.1 Å². The van der Waals surface area contributed by atoms with E-state index in [0.29, 0.717) is 48.5 Å². The summed E-state index contributed by atoms with van der Waals surface area (Å²) in [5.41, 5.74) is 1.10. The molecule has 148 valence electrons. The van der Waals surface area contributed by atoms with E-state index in [4.69, 9.17) is 9.15 Å². The number of morpholine rings is 1. The molecule has 1 fully saturated rings. The summed E-state index contributed by atoms with van der Waals surface area (Å²) >= 11 is 0. The molecule has 0 aliphatic carbocycles. The van der Waals surface area contributed by atoms with Gasteiger partial charge in [-0.1, -0.05) is 30.3 Å². The first kappa shape index (κ1) is 18.9. The van der Waals surface area contributed by atoms with Crippen molar-refractivity contribution in [3.8, 4) is 0 Å². The lowest BCUT2D eigenvalue weighted by Gasteiger charge is -2.26. The molecular weight excluding hydrogens is 375 g/mol. The normalized spacial score (nSPS) is 14.4. The number of amides is 2. The maximum Gasteiger partial charge on any atom is 0.291 e. The van der Waals surface area contributed by atoms with Crippen LogP contribution < -0.4 is 5.32 Å². The monoisotopic (exact) mass is 394 g/mol. The van der Waals surface area contributed by atoms with Crippen LogP contribution in [0, 0.1) is 5.82 Å². The fourth-order valence-electron chi connectivity index (χ4n) is 3.17. The zero-order chi connectivity index (χ0) is 20.2. The summed E-state index contributed by atoms with van der Waals surface area (Å²) in [4.78, 5) is 27.1. The Morgan fingerprint density at radius 3 is 2.55 bits per heavy atom. The van der Waals surface area contributed by atoms with Crippen LogP contribution in [0.4, 0.5) is 10.1 Å². The molecule has 2 aromatic carbocycles. The Hall–Kier alpha value is -3.45. The molecule has 1 aromatic heterocycles. The fraction of sp³-hybridized carbons (Fsp3) is 0.182. The number of fused-ring (bicyclic) bond motifs is 1. The summed E-state index contributed by atoms with van der Waals surface area (Å²) in [7, 11) is 0. The number of para-hydroxylation sites is 1. The Morgan fingerprint density at radius 2 is 1.76 bits per heavy atom. The highest BCUT2D eigenvalue weighted by Gasteiger charge is 2.27. The van der Waals surface area contributed by atoms with Crippen molar-refractivity contribution >= 4 is 34.5 Å². The van der Waals surface area contributed by atoms with Crippen molar-refractivity contribution in [1.82, 2.24) is 4.90 Å². The second-order valence-electron chi connectivity index (χ2n) is 6.55. The number of carbonyl (C=O) groups excluding carboxylic acids is 2. The van der Waals surface area contributed by atoms with E-state index in [9.17, 15) is 14.0 Å². The van der Waals surface area contributed by atoms with Crippen LogP contribution in [0.2, 0.25) is 0 Å². The predicted molar refractivity (Wildman–Crippen MR) is 107 cm³/mol. The van der Waals surface area contributed by atoms with Gasteiger partial charge in [0.1, 0.15) is 17.1 Å². The van der Waals surface area contributed by atoms with Gasteiger partial charge in [-0.3, -0.25) is 9.59 Å². The van der Waals surface area contributed by atoms with E-state index >= 15 is 0 Å². The van der Waals surface area contributed by atoms with Gasteiger partial charge in [0.15, 0.2) is 0 Å². The average Bonchev–Trinajstić information content (AvgIpc) is 3.11. The number of halogens is 1. The minimum Gasteiger partial charge on any atom is -0.449 e. The number of nitrogens with zero attached hydrogens (tertiary/aromatic N) is 1. The van der Waals surface area contributed by atoms with E-state index in [1.165, 1.54) is 18.2 Å². The number of hydrogen-bond donors (Lipinski definition) is 1. The number of ether oxygens (including phenoxy) is 1. The molecule has 3 aromatic rings. The second-order valence-corrected chi connectivity index (χ2v) is 6.55. The molecule has 0 radical (unpaired) electrons. The number of hydrogen-bond acceptors (Lipinski definition) is 4. The molecule has 1 aliphatic rings. The molecule has 7 heteroatoms. The molecule has 0 atom stereocenters. The second kappa shape index (κ2) is 8.28. The van der Waals surface area contributed by atoms with Crippen molar-refractivity contribution in [3.05, 3.63) is 71.7 Å². The summed E-state index contributed by atoms with van der Waals surface area (Å²) in [6.45, 7) is 1.82. The van der Waals surface area contributed by atoms with Crippen molar-refractivity contribution in [2.24, 2.45) is 0 Å². The summed E-state index contributed by atoms with van der Waals surface area (Å²) in [6, 6.07) is 13.2. The van der Waals surface area contributed by atoms with Gasteiger partial charge in [-0.05, 0) is 24.3 Å². The van der Waals surface area contributed by atoms with E-state index < -0.39 is 11.7 Å². The molecule has 1 saturated heterocycles. The van der Waals surface area contributed by atoms with Crippen molar-refractivity contribution in [2.75, 3.05) is 31.6 Å². The van der Waals surface area contributed by atoms with Gasteiger partial charge >= 0.3 is 0 Å². The first-order valence-electron chi connectivity index (χ1n) is 9.25. The standard InChI is InChI=1S/C22H19FN2O4/c23-17-7-3-1-5-15(17)9-10-19(26)24-20-16-6-2-4-8-18(16)29-21(20)22(27)25-11-13-28-14-12-25/h1-10H,11-14H2,(H,24,26)/b10-9+. The zero-order valence-electron chi connectivity index (χ0n) is 15.6. The molecule has 1 N–H and O–H groups in total. The molecular formula is C22H19FN2O4. The Bertz CT molecular complexity index is 1080. The maximum atomic E-state index is 13.7. The van der Waals surface area contributed by atoms with Gasteiger partial charge in [0.25, 0.3) is 5.91 Å². The van der Waals surface area contributed by atoms with E-state index in [-0.39, 0.29) is 11.7 Å². The summed E-state index contributed by atoms with van der Waals surface area (Å²) in [6.07, 6.45) is 2.61. The largest absolute Gasteiger partial charge is 0.449 e. The Balaban J connectivity index is 1.62. The molecule has 1 aliphatic heterocycles. The fourth-order valence-corrected chi connectivity index (χ4v) is 3.17. The quantitative estimate of drug-likeness (QED) is 0.685. The lowest BCUT2D eigenvalue weighted by atomic mass is 10.2. The van der Waals surface area contributed by atoms with Gasteiger partial charge in [-0.15, -0.1) is 0 Å². The van der Waals surface area contributed by atoms with E-state index in [1.54, 1.807) is 47.4 Å². The third-order valence-electron chi connectivity index (χ3n) is 4.66. The number of nitrogens with one attached hydrogen (secondary N) is 1. The van der Waals surface area contributed by atoms with Crippen LogP contribution in [0.3, 0.4) is 0 Å². The lowest BCUT2D eigenvalue weighted by Crippen LogP contribution is -2.40. The molecule has 29 heavy (non-hydrogen) atoms. The van der Waals surface area contributed by atoms with Crippen molar-refractivity contribution in [3.63, 3.8) is 0 Å². The summed E-state index contributed by atoms with van der Waals surface area (Å²) in [5.74, 6) is -1.15. The Kier molecular flexibility index (Phi) is 5.39. The number of furan rings is 1. The average molecular weight is 394 g/mol. The minimum absolute atomic E-state index is 0.0701. The molecule has 0 bridgehead atoms. The minimum atomic E-state index is -0.490. The number of rotatable bonds is 4. The molecule has 0 saturated carbocycles. The van der Waals surface area contributed by atoms with E-state index in [1.807, 2.05) is 0 Å². The van der Waals surface area contributed by atoms with E-state index in [2.05, 4.69) is 5.32 Å². The summed E-state index contributed by atoms with van der Waals surface area (Å²) < 4.78 is 24.8. The third kappa shape index (κ3) is 4.05. The topological polar surface area (TPSA) is 71.8 Å². The smallest absolute Gasteiger partial charge is 0.291 e. The van der Waals surface area contributed by atoms with Gasteiger partial charge in [-0.2, -0.15) is 0 Å². The van der Waals surface area contributed by atoms with Crippen LogP contribution in [-0.2, 0) is 9.53 Å². The van der Waals surface area contributed by atoms with Crippen LogP contribution in [0.15, 0.2) is 59.0 Å². The molecule has 0 spiro atoms. The van der Waals surface area contributed by atoms with Crippen LogP contribution in [-0.4, -0.2) is 43.0 Å². The van der Waals surface area contributed by atoms with Crippen molar-refractivity contribution in [2.45, 2.75) is 0 Å². The molecule has 6 nitrogen and oxygen atoms in total. The molecule has 2 heterocycles. The summed E-state index contributed by atoms with van der Waals surface area (Å²) in [5, 5.41) is 3.34. The Morgan fingerprint density at radius 1 is 1.03 bits per heavy atom. The van der Waals surface area contributed by atoms with Crippen molar-refractivity contribution in [1.29, 1.82) is 0 Å². The number of benzene rings is 2. The molecule has 2 amide bonds. The lowest BCUT2D eigenvalue weighted by molar-refractivity contribution is -0.111. The first-order chi connectivity index (χ1) is 14.1. The Labute approximate surface area is 166 Å². The van der Waals surface area contributed by atoms with Crippen LogP contribution in [0.1, 0.15) is 16.1 Å². The van der Waals surface area contributed by atoms with Gasteiger partial charge in [0.2, 0.25) is 11.7 Å². The van der Waals surface area contributed by atoms with Gasteiger partial charge in [-0.25, -0.2) is 4.39 Å². The van der Waals surface area contributed by atoms with Gasteiger partial charge in [0.05, 0.1) is 13.2 Å². The highest BCUT2D eigenvalue weighted by atomic mass is 19.1. The van der Waals surface area contributed by atoms with E-state index in [0.717, 1.165) is 0 Å². The van der Waals surface area contributed by atoms with Crippen LogP contribution in [0.25, 0.3) is 17.0 Å². The number of anilines is 1. The highest BCUT2D eigenvalue weighted by molar-refractivity contribution is 6.13. The maximum absolute atomic E-state index is 13.7. The van der Waals surface area contributed by atoms with Crippen LogP contribution in [0.5, 0.6) is 0 Å². The van der Waals surface area contributed by atoms with Crippen LogP contribution >= 0.6 is 0 Å². The predicted octanol–water partition coefficient (Wildman–Crippen LogP) is 3.70.